The van der Waals surface area contributed by atoms with Crippen molar-refractivity contribution in [3.05, 3.63) is 71.6 Å². The maximum absolute atomic E-state index is 14.5. The fraction of sp³-hybridized carbons (Fsp3) is 0.0909. The molecule has 2 aromatic carbocycles. The fourth-order valence-corrected chi connectivity index (χ4v) is 4.55. The number of fused-ring (bicyclic) bond motifs is 1. The van der Waals surface area contributed by atoms with E-state index in [1.807, 2.05) is 37.3 Å². The molecule has 0 saturated heterocycles. The van der Waals surface area contributed by atoms with Gasteiger partial charge in [-0.25, -0.2) is 19.0 Å². The zero-order valence-corrected chi connectivity index (χ0v) is 18.9. The van der Waals surface area contributed by atoms with Gasteiger partial charge in [0, 0.05) is 0 Å². The molecule has 0 aliphatic heterocycles. The van der Waals surface area contributed by atoms with Gasteiger partial charge in [0.1, 0.15) is 15.9 Å². The van der Waals surface area contributed by atoms with Crippen molar-refractivity contribution < 1.29 is 9.18 Å². The van der Waals surface area contributed by atoms with Crippen LogP contribution in [0, 0.1) is 12.7 Å². The van der Waals surface area contributed by atoms with Gasteiger partial charge >= 0.3 is 0 Å². The SMILES string of the molecule is Cc1nnc(NC(=O)CSc2nc(-c3ccccc3F)nc3c2cnn3-c2ccccc2)s1. The Hall–Kier alpha value is -3.70. The largest absolute Gasteiger partial charge is 0.300 e. The molecule has 0 bridgehead atoms. The molecule has 3 aromatic heterocycles. The van der Waals surface area contributed by atoms with Crippen LogP contribution < -0.4 is 5.32 Å². The molecule has 3 heterocycles. The van der Waals surface area contributed by atoms with Crippen molar-refractivity contribution in [1.82, 2.24) is 29.9 Å². The highest BCUT2D eigenvalue weighted by Crippen LogP contribution is 2.30. The molecular weight excluding hydrogens is 461 g/mol. The van der Waals surface area contributed by atoms with Crippen LogP contribution >= 0.6 is 23.1 Å². The lowest BCUT2D eigenvalue weighted by Gasteiger charge is -2.08. The molecule has 11 heteroatoms. The number of halogens is 1. The van der Waals surface area contributed by atoms with Gasteiger partial charge in [-0.05, 0) is 31.2 Å². The summed E-state index contributed by atoms with van der Waals surface area (Å²) in [4.78, 5) is 21.6. The Morgan fingerprint density at radius 3 is 2.64 bits per heavy atom. The zero-order chi connectivity index (χ0) is 22.8. The van der Waals surface area contributed by atoms with Crippen molar-refractivity contribution in [2.75, 3.05) is 11.1 Å². The number of para-hydroxylation sites is 1. The fourth-order valence-electron chi connectivity index (χ4n) is 3.15. The van der Waals surface area contributed by atoms with Crippen molar-refractivity contribution in [3.63, 3.8) is 0 Å². The summed E-state index contributed by atoms with van der Waals surface area (Å²) >= 11 is 2.52. The van der Waals surface area contributed by atoms with Crippen LogP contribution in [0.4, 0.5) is 9.52 Å². The average Bonchev–Trinajstić information content (AvgIpc) is 3.44. The number of anilines is 1. The van der Waals surface area contributed by atoms with Crippen LogP contribution in [0.15, 0.2) is 65.8 Å². The Morgan fingerprint density at radius 1 is 1.09 bits per heavy atom. The number of carbonyl (C=O) groups excluding carboxylic acids is 1. The van der Waals surface area contributed by atoms with Gasteiger partial charge in [-0.2, -0.15) is 5.10 Å². The Kier molecular flexibility index (Phi) is 5.80. The van der Waals surface area contributed by atoms with Crippen molar-refractivity contribution in [2.45, 2.75) is 11.9 Å². The summed E-state index contributed by atoms with van der Waals surface area (Å²) < 4.78 is 16.2. The zero-order valence-electron chi connectivity index (χ0n) is 17.3. The molecule has 0 atom stereocenters. The third-order valence-electron chi connectivity index (χ3n) is 4.62. The van der Waals surface area contributed by atoms with Crippen molar-refractivity contribution in [3.8, 4) is 17.1 Å². The first kappa shape index (κ1) is 21.2. The van der Waals surface area contributed by atoms with Crippen LogP contribution in [0.2, 0.25) is 0 Å². The molecule has 0 spiro atoms. The first-order valence-electron chi connectivity index (χ1n) is 9.87. The van der Waals surface area contributed by atoms with Crippen LogP contribution in [0.3, 0.4) is 0 Å². The van der Waals surface area contributed by atoms with E-state index in [0.29, 0.717) is 21.2 Å². The second kappa shape index (κ2) is 9.04. The summed E-state index contributed by atoms with van der Waals surface area (Å²) in [6, 6.07) is 15.8. The maximum Gasteiger partial charge on any atom is 0.236 e. The van der Waals surface area contributed by atoms with E-state index < -0.39 is 5.82 Å². The molecule has 0 fully saturated rings. The van der Waals surface area contributed by atoms with E-state index in [9.17, 15) is 9.18 Å². The minimum Gasteiger partial charge on any atom is -0.300 e. The molecule has 0 radical (unpaired) electrons. The van der Waals surface area contributed by atoms with Gasteiger partial charge in [0.15, 0.2) is 11.5 Å². The van der Waals surface area contributed by atoms with Crippen LogP contribution in [0.5, 0.6) is 0 Å². The van der Waals surface area contributed by atoms with E-state index in [1.165, 1.54) is 29.2 Å². The van der Waals surface area contributed by atoms with E-state index in [-0.39, 0.29) is 23.0 Å². The topological polar surface area (TPSA) is 98.5 Å². The molecule has 1 amide bonds. The van der Waals surface area contributed by atoms with Crippen molar-refractivity contribution >= 4 is 45.2 Å². The molecule has 0 saturated carbocycles. The highest BCUT2D eigenvalue weighted by molar-refractivity contribution is 8.00. The second-order valence-electron chi connectivity index (χ2n) is 6.92. The van der Waals surface area contributed by atoms with Crippen LogP contribution in [-0.2, 0) is 4.79 Å². The number of nitrogens with one attached hydrogen (secondary N) is 1. The molecule has 0 unspecified atom stereocenters. The molecule has 8 nitrogen and oxygen atoms in total. The van der Waals surface area contributed by atoms with Crippen molar-refractivity contribution in [1.29, 1.82) is 0 Å². The number of aryl methyl sites for hydroxylation is 1. The maximum atomic E-state index is 14.5. The van der Waals surface area contributed by atoms with E-state index in [2.05, 4.69) is 30.6 Å². The monoisotopic (exact) mass is 477 g/mol. The number of nitrogens with zero attached hydrogens (tertiary/aromatic N) is 6. The molecule has 0 aliphatic rings. The van der Waals surface area contributed by atoms with Crippen LogP contribution in [0.25, 0.3) is 28.1 Å². The molecule has 33 heavy (non-hydrogen) atoms. The lowest BCUT2D eigenvalue weighted by Crippen LogP contribution is -2.14. The minimum absolute atomic E-state index is 0.0813. The summed E-state index contributed by atoms with van der Waals surface area (Å²) in [5.74, 6) is -0.368. The summed E-state index contributed by atoms with van der Waals surface area (Å²) in [6.07, 6.45) is 1.65. The van der Waals surface area contributed by atoms with E-state index in [1.54, 1.807) is 29.1 Å². The number of rotatable bonds is 6. The third-order valence-corrected chi connectivity index (χ3v) is 6.37. The quantitative estimate of drug-likeness (QED) is 0.284. The standard InChI is InChI=1S/C22H16FN7OS2/c1-13-28-29-22(33-13)25-18(31)12-32-21-16-11-24-30(14-7-3-2-4-8-14)20(16)26-19(27-21)15-9-5-6-10-17(15)23/h2-11H,12H2,1H3,(H,25,29,31). The molecule has 0 aliphatic carbocycles. The van der Waals surface area contributed by atoms with E-state index in [0.717, 1.165) is 10.7 Å². The smallest absolute Gasteiger partial charge is 0.236 e. The number of hydrogen-bond donors (Lipinski definition) is 1. The second-order valence-corrected chi connectivity index (χ2v) is 9.07. The Morgan fingerprint density at radius 2 is 1.88 bits per heavy atom. The number of amides is 1. The highest BCUT2D eigenvalue weighted by atomic mass is 32.2. The number of aromatic nitrogens is 6. The first-order chi connectivity index (χ1) is 16.1. The third kappa shape index (κ3) is 4.45. The highest BCUT2D eigenvalue weighted by Gasteiger charge is 2.18. The van der Waals surface area contributed by atoms with Gasteiger partial charge in [0.05, 0.1) is 28.6 Å². The predicted molar refractivity (Wildman–Crippen MR) is 126 cm³/mol. The van der Waals surface area contributed by atoms with Gasteiger partial charge < -0.3 is 0 Å². The van der Waals surface area contributed by atoms with Crippen LogP contribution in [0.1, 0.15) is 5.01 Å². The van der Waals surface area contributed by atoms with Gasteiger partial charge in [-0.3, -0.25) is 10.1 Å². The Labute approximate surface area is 195 Å². The normalized spacial score (nSPS) is 11.1. The summed E-state index contributed by atoms with van der Waals surface area (Å²) in [7, 11) is 0. The molecule has 5 aromatic rings. The van der Waals surface area contributed by atoms with Crippen molar-refractivity contribution in [2.24, 2.45) is 0 Å². The number of carbonyl (C=O) groups is 1. The molecule has 164 valence electrons. The van der Waals surface area contributed by atoms with Crippen LogP contribution in [-0.4, -0.2) is 41.6 Å². The Balaban J connectivity index is 1.53. The summed E-state index contributed by atoms with van der Waals surface area (Å²) in [5.41, 5.74) is 1.61. The van der Waals surface area contributed by atoms with E-state index in [4.69, 9.17) is 0 Å². The lowest BCUT2D eigenvalue weighted by atomic mass is 10.2. The predicted octanol–water partition coefficient (Wildman–Crippen LogP) is 4.51. The number of thioether (sulfide) groups is 1. The average molecular weight is 478 g/mol. The van der Waals surface area contributed by atoms with Gasteiger partial charge in [0.25, 0.3) is 0 Å². The van der Waals surface area contributed by atoms with Gasteiger partial charge in [-0.15, -0.1) is 10.2 Å². The Bertz CT molecular complexity index is 1450. The molecule has 5 rings (SSSR count). The van der Waals surface area contributed by atoms with E-state index >= 15 is 0 Å². The first-order valence-corrected chi connectivity index (χ1v) is 11.7. The number of benzene rings is 2. The lowest BCUT2D eigenvalue weighted by molar-refractivity contribution is -0.113. The molecule has 1 N–H and O–H groups in total. The van der Waals surface area contributed by atoms with Gasteiger partial charge in [0.2, 0.25) is 11.0 Å². The molecular formula is C22H16FN7OS2. The minimum atomic E-state index is -0.428. The summed E-state index contributed by atoms with van der Waals surface area (Å²) in [6.45, 7) is 1.81. The number of hydrogen-bond acceptors (Lipinski definition) is 8. The van der Waals surface area contributed by atoms with Gasteiger partial charge in [-0.1, -0.05) is 53.4 Å². The summed E-state index contributed by atoms with van der Waals surface area (Å²) in [5, 5.41) is 17.4.